The van der Waals surface area contributed by atoms with E-state index in [-0.39, 0.29) is 5.41 Å². The summed E-state index contributed by atoms with van der Waals surface area (Å²) in [6.45, 7) is 8.12. The molecule has 0 aromatic heterocycles. The molecular formula is C19H21ClO2. The van der Waals surface area contributed by atoms with Gasteiger partial charge in [-0.3, -0.25) is 4.79 Å². The largest absolute Gasteiger partial charge is 0.480 e. The summed E-state index contributed by atoms with van der Waals surface area (Å²) in [7, 11) is 0. The molecule has 2 aromatic rings. The molecule has 1 unspecified atom stereocenters. The van der Waals surface area contributed by atoms with Gasteiger partial charge < -0.3 is 5.11 Å². The fraction of sp³-hybridized carbons (Fsp3) is 0.316. The van der Waals surface area contributed by atoms with Crippen LogP contribution < -0.4 is 0 Å². The Kier molecular flexibility index (Phi) is 4.35. The molecule has 1 atom stereocenters. The Hall–Kier alpha value is -1.80. The summed E-state index contributed by atoms with van der Waals surface area (Å²) in [6.07, 6.45) is 0. The van der Waals surface area contributed by atoms with Crippen LogP contribution in [0.25, 0.3) is 0 Å². The normalized spacial score (nSPS) is 14.4. The molecule has 0 bridgehead atoms. The number of carboxylic acid groups (broad SMARTS) is 1. The van der Waals surface area contributed by atoms with Crippen molar-refractivity contribution in [2.45, 2.75) is 38.5 Å². The smallest absolute Gasteiger partial charge is 0.318 e. The highest BCUT2D eigenvalue weighted by Crippen LogP contribution is 2.35. The molecule has 0 heterocycles. The van der Waals surface area contributed by atoms with E-state index in [0.29, 0.717) is 10.6 Å². The van der Waals surface area contributed by atoms with Crippen LogP contribution in [0.5, 0.6) is 0 Å². The monoisotopic (exact) mass is 316 g/mol. The third-order valence-electron chi connectivity index (χ3n) is 4.16. The molecule has 22 heavy (non-hydrogen) atoms. The van der Waals surface area contributed by atoms with Crippen LogP contribution in [0.1, 0.15) is 44.4 Å². The van der Waals surface area contributed by atoms with Crippen molar-refractivity contribution in [1.82, 2.24) is 0 Å². The molecule has 2 aromatic carbocycles. The average Bonchev–Trinajstić information content (AvgIpc) is 2.45. The van der Waals surface area contributed by atoms with Gasteiger partial charge in [-0.25, -0.2) is 0 Å². The summed E-state index contributed by atoms with van der Waals surface area (Å²) in [5, 5.41) is 10.4. The Morgan fingerprint density at radius 2 is 1.45 bits per heavy atom. The number of hydrogen-bond acceptors (Lipinski definition) is 1. The van der Waals surface area contributed by atoms with Crippen LogP contribution in [0.15, 0.2) is 48.5 Å². The lowest BCUT2D eigenvalue weighted by Crippen LogP contribution is -2.33. The summed E-state index contributed by atoms with van der Waals surface area (Å²) in [5.74, 6) is -0.890. The second-order valence-corrected chi connectivity index (χ2v) is 7.20. The number of aliphatic carboxylic acids is 1. The van der Waals surface area contributed by atoms with Crippen LogP contribution in [-0.2, 0) is 15.6 Å². The van der Waals surface area contributed by atoms with Gasteiger partial charge in [0.15, 0.2) is 0 Å². The molecule has 0 aliphatic rings. The van der Waals surface area contributed by atoms with Crippen molar-refractivity contribution in [3.05, 3.63) is 70.2 Å². The second-order valence-electron chi connectivity index (χ2n) is 6.77. The zero-order valence-corrected chi connectivity index (χ0v) is 14.1. The minimum Gasteiger partial charge on any atom is -0.480 e. The number of rotatable bonds is 3. The van der Waals surface area contributed by atoms with Gasteiger partial charge in [0.1, 0.15) is 5.41 Å². The average molecular weight is 317 g/mol. The lowest BCUT2D eigenvalue weighted by Gasteiger charge is -2.27. The summed E-state index contributed by atoms with van der Waals surface area (Å²) < 4.78 is 0. The number of hydrogen-bond donors (Lipinski definition) is 1. The van der Waals surface area contributed by atoms with Crippen LogP contribution in [-0.4, -0.2) is 11.1 Å². The zero-order valence-electron chi connectivity index (χ0n) is 13.4. The molecule has 116 valence electrons. The van der Waals surface area contributed by atoms with E-state index in [1.54, 1.807) is 31.2 Å². The van der Waals surface area contributed by atoms with Gasteiger partial charge in [0, 0.05) is 5.02 Å². The molecule has 3 heteroatoms. The fourth-order valence-electron chi connectivity index (χ4n) is 2.52. The van der Waals surface area contributed by atoms with Crippen LogP contribution in [0.2, 0.25) is 5.02 Å². The molecule has 2 nitrogen and oxygen atoms in total. The van der Waals surface area contributed by atoms with Gasteiger partial charge in [0.05, 0.1) is 0 Å². The van der Waals surface area contributed by atoms with Crippen LogP contribution in [0.4, 0.5) is 0 Å². The van der Waals surface area contributed by atoms with E-state index in [2.05, 4.69) is 20.8 Å². The molecule has 2 rings (SSSR count). The SMILES string of the molecule is CC(C)(C)c1ccc(C(C)(C(=O)O)c2cccc(Cl)c2)cc1. The molecular weight excluding hydrogens is 296 g/mol. The maximum atomic E-state index is 12.0. The van der Waals surface area contributed by atoms with E-state index >= 15 is 0 Å². The molecule has 0 spiro atoms. The summed E-state index contributed by atoms with van der Waals surface area (Å²) in [5.41, 5.74) is 1.51. The Bertz CT molecular complexity index is 683. The Morgan fingerprint density at radius 3 is 1.91 bits per heavy atom. The molecule has 0 fully saturated rings. The first-order chi connectivity index (χ1) is 10.2. The molecule has 0 saturated carbocycles. The first-order valence-electron chi connectivity index (χ1n) is 7.26. The lowest BCUT2D eigenvalue weighted by molar-refractivity contribution is -0.141. The van der Waals surface area contributed by atoms with Gasteiger partial charge in [-0.2, -0.15) is 0 Å². The highest BCUT2D eigenvalue weighted by molar-refractivity contribution is 6.30. The fourth-order valence-corrected chi connectivity index (χ4v) is 2.71. The maximum Gasteiger partial charge on any atom is 0.318 e. The van der Waals surface area contributed by atoms with Gasteiger partial charge in [0.25, 0.3) is 0 Å². The quantitative estimate of drug-likeness (QED) is 0.862. The first-order valence-corrected chi connectivity index (χ1v) is 7.64. The third kappa shape index (κ3) is 3.02. The van der Waals surface area contributed by atoms with E-state index in [4.69, 9.17) is 11.6 Å². The molecule has 0 amide bonds. The van der Waals surface area contributed by atoms with Gasteiger partial charge in [-0.1, -0.05) is 68.8 Å². The predicted molar refractivity (Wildman–Crippen MR) is 90.7 cm³/mol. The van der Waals surface area contributed by atoms with Crippen LogP contribution in [0, 0.1) is 0 Å². The highest BCUT2D eigenvalue weighted by Gasteiger charge is 2.37. The highest BCUT2D eigenvalue weighted by atomic mass is 35.5. The molecule has 0 saturated heterocycles. The van der Waals surface area contributed by atoms with Gasteiger partial charge in [-0.15, -0.1) is 0 Å². The summed E-state index contributed by atoms with van der Waals surface area (Å²) >= 11 is 6.04. The molecule has 1 N–H and O–H groups in total. The number of halogens is 1. The summed E-state index contributed by atoms with van der Waals surface area (Å²) in [4.78, 5) is 12.0. The van der Waals surface area contributed by atoms with Crippen molar-refractivity contribution in [3.8, 4) is 0 Å². The molecule has 0 radical (unpaired) electrons. The topological polar surface area (TPSA) is 37.3 Å². The number of carbonyl (C=O) groups is 1. The minimum absolute atomic E-state index is 0.0359. The molecule has 0 aliphatic heterocycles. The van der Waals surface area contributed by atoms with Gasteiger partial charge >= 0.3 is 5.97 Å². The zero-order chi connectivity index (χ0) is 16.5. The van der Waals surface area contributed by atoms with Crippen LogP contribution >= 0.6 is 11.6 Å². The number of carboxylic acids is 1. The van der Waals surface area contributed by atoms with Crippen molar-refractivity contribution < 1.29 is 9.90 Å². The van der Waals surface area contributed by atoms with Gasteiger partial charge in [-0.05, 0) is 41.2 Å². The Balaban J connectivity index is 2.55. The van der Waals surface area contributed by atoms with Crippen molar-refractivity contribution in [2.24, 2.45) is 0 Å². The van der Waals surface area contributed by atoms with Crippen LogP contribution in [0.3, 0.4) is 0 Å². The third-order valence-corrected chi connectivity index (χ3v) is 4.39. The summed E-state index contributed by atoms with van der Waals surface area (Å²) in [6, 6.07) is 14.8. The van der Waals surface area contributed by atoms with E-state index in [9.17, 15) is 9.90 Å². The van der Waals surface area contributed by atoms with Gasteiger partial charge in [0.2, 0.25) is 0 Å². The van der Waals surface area contributed by atoms with E-state index in [0.717, 1.165) is 5.56 Å². The van der Waals surface area contributed by atoms with E-state index in [1.165, 1.54) is 5.56 Å². The second kappa shape index (κ2) is 5.77. The Labute approximate surface area is 136 Å². The Morgan fingerprint density at radius 1 is 0.909 bits per heavy atom. The van der Waals surface area contributed by atoms with Crippen molar-refractivity contribution in [2.75, 3.05) is 0 Å². The van der Waals surface area contributed by atoms with E-state index in [1.807, 2.05) is 24.3 Å². The number of benzene rings is 2. The maximum absolute atomic E-state index is 12.0. The van der Waals surface area contributed by atoms with Crippen molar-refractivity contribution in [1.29, 1.82) is 0 Å². The first kappa shape index (κ1) is 16.6. The predicted octanol–water partition coefficient (Wildman–Crippen LogP) is 5.03. The lowest BCUT2D eigenvalue weighted by atomic mass is 9.75. The standard InChI is InChI=1S/C19H21ClO2/c1-18(2,3)13-8-10-14(11-9-13)19(4,17(21)22)15-6-5-7-16(20)12-15/h5-12H,1-4H3,(H,21,22). The minimum atomic E-state index is -1.12. The van der Waals surface area contributed by atoms with Crippen molar-refractivity contribution in [3.63, 3.8) is 0 Å². The van der Waals surface area contributed by atoms with E-state index < -0.39 is 11.4 Å². The van der Waals surface area contributed by atoms with Crippen molar-refractivity contribution >= 4 is 17.6 Å². The molecule has 0 aliphatic carbocycles.